The zero-order chi connectivity index (χ0) is 10.9. The van der Waals surface area contributed by atoms with Crippen LogP contribution in [0.5, 0.6) is 0 Å². The summed E-state index contributed by atoms with van der Waals surface area (Å²) >= 11 is 0. The van der Waals surface area contributed by atoms with Crippen molar-refractivity contribution in [1.82, 2.24) is 4.90 Å². The van der Waals surface area contributed by atoms with Gasteiger partial charge in [0, 0.05) is 18.6 Å². The van der Waals surface area contributed by atoms with Crippen LogP contribution in [0.4, 0.5) is 0 Å². The highest BCUT2D eigenvalue weighted by atomic mass is 16.5. The molecule has 0 aromatic carbocycles. The van der Waals surface area contributed by atoms with E-state index in [1.54, 1.807) is 0 Å². The van der Waals surface area contributed by atoms with E-state index in [0.717, 1.165) is 39.1 Å². The van der Waals surface area contributed by atoms with Gasteiger partial charge in [-0.25, -0.2) is 0 Å². The Labute approximate surface area is 92.4 Å². The van der Waals surface area contributed by atoms with E-state index in [1.807, 2.05) is 0 Å². The molecule has 2 rings (SSSR count). The molecule has 0 spiro atoms. The Morgan fingerprint density at radius 3 is 2.53 bits per heavy atom. The molecule has 0 aromatic heterocycles. The van der Waals surface area contributed by atoms with Crippen LogP contribution in [0.25, 0.3) is 0 Å². The van der Waals surface area contributed by atoms with Crippen LogP contribution in [0.1, 0.15) is 39.5 Å². The lowest BCUT2D eigenvalue weighted by molar-refractivity contribution is -0.0893. The maximum absolute atomic E-state index is 10.4. The SMILES string of the molecule is CC1(C)COCCN1CC1(O)CCCC1. The zero-order valence-corrected chi connectivity index (χ0v) is 9.96. The van der Waals surface area contributed by atoms with Gasteiger partial charge in [0.25, 0.3) is 0 Å². The van der Waals surface area contributed by atoms with Crippen molar-refractivity contribution in [3.8, 4) is 0 Å². The number of hydrogen-bond acceptors (Lipinski definition) is 3. The van der Waals surface area contributed by atoms with Crippen molar-refractivity contribution in [1.29, 1.82) is 0 Å². The second kappa shape index (κ2) is 4.04. The molecule has 0 unspecified atom stereocenters. The first kappa shape index (κ1) is 11.4. The van der Waals surface area contributed by atoms with Crippen LogP contribution in [0.15, 0.2) is 0 Å². The second-order valence-corrected chi connectivity index (χ2v) is 5.72. The molecule has 1 saturated carbocycles. The van der Waals surface area contributed by atoms with Gasteiger partial charge in [0.2, 0.25) is 0 Å². The molecule has 1 aliphatic carbocycles. The number of ether oxygens (including phenoxy) is 1. The molecule has 2 aliphatic rings. The van der Waals surface area contributed by atoms with E-state index >= 15 is 0 Å². The van der Waals surface area contributed by atoms with Gasteiger partial charge in [-0.2, -0.15) is 0 Å². The van der Waals surface area contributed by atoms with Crippen LogP contribution in [0.2, 0.25) is 0 Å². The molecule has 1 saturated heterocycles. The lowest BCUT2D eigenvalue weighted by atomic mass is 9.96. The standard InChI is InChI=1S/C12H23NO2/c1-11(2)10-15-8-7-13(11)9-12(14)5-3-4-6-12/h14H,3-10H2,1-2H3. The number of morpholine rings is 1. The van der Waals surface area contributed by atoms with Gasteiger partial charge >= 0.3 is 0 Å². The van der Waals surface area contributed by atoms with Crippen LogP contribution in [-0.2, 0) is 4.74 Å². The Balaban J connectivity index is 1.97. The van der Waals surface area contributed by atoms with Gasteiger partial charge in [-0.15, -0.1) is 0 Å². The summed E-state index contributed by atoms with van der Waals surface area (Å²) < 4.78 is 5.49. The molecule has 0 amide bonds. The fourth-order valence-electron chi connectivity index (χ4n) is 2.73. The molecule has 1 heterocycles. The molecule has 3 nitrogen and oxygen atoms in total. The molecular formula is C12H23NO2. The van der Waals surface area contributed by atoms with Crippen LogP contribution in [0, 0.1) is 0 Å². The van der Waals surface area contributed by atoms with Crippen LogP contribution >= 0.6 is 0 Å². The van der Waals surface area contributed by atoms with Crippen molar-refractivity contribution < 1.29 is 9.84 Å². The van der Waals surface area contributed by atoms with E-state index in [2.05, 4.69) is 18.7 Å². The molecule has 0 atom stereocenters. The van der Waals surface area contributed by atoms with Crippen molar-refractivity contribution in [2.45, 2.75) is 50.7 Å². The Kier molecular flexibility index (Phi) is 3.06. The highest BCUT2D eigenvalue weighted by molar-refractivity contribution is 4.93. The van der Waals surface area contributed by atoms with E-state index in [0.29, 0.717) is 0 Å². The largest absolute Gasteiger partial charge is 0.389 e. The third-order valence-corrected chi connectivity index (χ3v) is 3.84. The van der Waals surface area contributed by atoms with Crippen molar-refractivity contribution in [3.63, 3.8) is 0 Å². The molecular weight excluding hydrogens is 190 g/mol. The summed E-state index contributed by atoms with van der Waals surface area (Å²) in [5, 5.41) is 10.4. The molecule has 3 heteroatoms. The Bertz CT molecular complexity index is 222. The lowest BCUT2D eigenvalue weighted by Gasteiger charge is -2.45. The van der Waals surface area contributed by atoms with E-state index in [4.69, 9.17) is 4.74 Å². The van der Waals surface area contributed by atoms with Crippen LogP contribution in [0.3, 0.4) is 0 Å². The van der Waals surface area contributed by atoms with Gasteiger partial charge in [-0.1, -0.05) is 12.8 Å². The first-order chi connectivity index (χ1) is 7.02. The van der Waals surface area contributed by atoms with Crippen molar-refractivity contribution in [2.24, 2.45) is 0 Å². The molecule has 2 fully saturated rings. The molecule has 0 radical (unpaired) electrons. The van der Waals surface area contributed by atoms with Gasteiger partial charge in [-0.3, -0.25) is 4.90 Å². The highest BCUT2D eigenvalue weighted by Gasteiger charge is 2.38. The Morgan fingerprint density at radius 2 is 1.93 bits per heavy atom. The minimum atomic E-state index is -0.422. The fourth-order valence-corrected chi connectivity index (χ4v) is 2.73. The predicted molar refractivity (Wildman–Crippen MR) is 59.9 cm³/mol. The number of β-amino-alcohol motifs (C(OH)–C–C–N with tert-alkyl or cyclic N) is 1. The van der Waals surface area contributed by atoms with Gasteiger partial charge in [0.1, 0.15) is 0 Å². The molecule has 0 aromatic rings. The van der Waals surface area contributed by atoms with Crippen molar-refractivity contribution >= 4 is 0 Å². The van der Waals surface area contributed by atoms with Gasteiger partial charge in [0.05, 0.1) is 18.8 Å². The molecule has 1 aliphatic heterocycles. The van der Waals surface area contributed by atoms with Gasteiger partial charge in [0.15, 0.2) is 0 Å². The number of aliphatic hydroxyl groups is 1. The van der Waals surface area contributed by atoms with Crippen LogP contribution < -0.4 is 0 Å². The average Bonchev–Trinajstić information content (AvgIpc) is 2.56. The summed E-state index contributed by atoms with van der Waals surface area (Å²) in [6, 6.07) is 0. The third-order valence-electron chi connectivity index (χ3n) is 3.84. The minimum absolute atomic E-state index is 0.0799. The summed E-state index contributed by atoms with van der Waals surface area (Å²) in [6.45, 7) is 7.76. The molecule has 0 bridgehead atoms. The summed E-state index contributed by atoms with van der Waals surface area (Å²) in [5.41, 5.74) is -0.342. The third kappa shape index (κ3) is 2.52. The average molecular weight is 213 g/mol. The number of rotatable bonds is 2. The summed E-state index contributed by atoms with van der Waals surface area (Å²) in [6.07, 6.45) is 4.31. The normalized spacial score (nSPS) is 30.6. The fraction of sp³-hybridized carbons (Fsp3) is 1.00. The molecule has 15 heavy (non-hydrogen) atoms. The Morgan fingerprint density at radius 1 is 1.27 bits per heavy atom. The monoisotopic (exact) mass is 213 g/mol. The predicted octanol–water partition coefficient (Wildman–Crippen LogP) is 1.40. The second-order valence-electron chi connectivity index (χ2n) is 5.72. The van der Waals surface area contributed by atoms with E-state index in [-0.39, 0.29) is 5.54 Å². The van der Waals surface area contributed by atoms with E-state index in [1.165, 1.54) is 12.8 Å². The van der Waals surface area contributed by atoms with Crippen LogP contribution in [-0.4, -0.2) is 47.4 Å². The molecule has 88 valence electrons. The topological polar surface area (TPSA) is 32.7 Å². The summed E-state index contributed by atoms with van der Waals surface area (Å²) in [5.74, 6) is 0. The number of nitrogens with zero attached hydrogens (tertiary/aromatic N) is 1. The Hall–Kier alpha value is -0.120. The smallest absolute Gasteiger partial charge is 0.0774 e. The first-order valence-electron chi connectivity index (χ1n) is 6.07. The van der Waals surface area contributed by atoms with Gasteiger partial charge < -0.3 is 9.84 Å². The summed E-state index contributed by atoms with van der Waals surface area (Å²) in [7, 11) is 0. The van der Waals surface area contributed by atoms with E-state index < -0.39 is 5.60 Å². The van der Waals surface area contributed by atoms with Crippen molar-refractivity contribution in [3.05, 3.63) is 0 Å². The first-order valence-corrected chi connectivity index (χ1v) is 6.07. The maximum Gasteiger partial charge on any atom is 0.0774 e. The maximum atomic E-state index is 10.4. The zero-order valence-electron chi connectivity index (χ0n) is 9.96. The molecule has 1 N–H and O–H groups in total. The highest BCUT2D eigenvalue weighted by Crippen LogP contribution is 2.32. The van der Waals surface area contributed by atoms with Gasteiger partial charge in [-0.05, 0) is 26.7 Å². The lowest BCUT2D eigenvalue weighted by Crippen LogP contribution is -2.57. The summed E-state index contributed by atoms with van der Waals surface area (Å²) in [4.78, 5) is 2.39. The quantitative estimate of drug-likeness (QED) is 0.752. The minimum Gasteiger partial charge on any atom is -0.389 e. The number of hydrogen-bond donors (Lipinski definition) is 1. The van der Waals surface area contributed by atoms with Crippen molar-refractivity contribution in [2.75, 3.05) is 26.3 Å². The van der Waals surface area contributed by atoms with E-state index in [9.17, 15) is 5.11 Å².